The lowest BCUT2D eigenvalue weighted by atomic mass is 10.1. The van der Waals surface area contributed by atoms with Gasteiger partial charge in [0.2, 0.25) is 0 Å². The molecule has 0 fully saturated rings. The fourth-order valence-electron chi connectivity index (χ4n) is 1.71. The first-order valence-corrected chi connectivity index (χ1v) is 5.81. The second-order valence-electron chi connectivity index (χ2n) is 3.89. The molecule has 4 heteroatoms. The molecule has 0 radical (unpaired) electrons. The standard InChI is InChI=1S/C14H14O4/c1-2-17-14(16)9-18-13-6-4-3-5-11(13)12-7-10(12)8-15/h3-6,8H,2,7,9H2,1H3. The van der Waals surface area contributed by atoms with E-state index in [2.05, 4.69) is 0 Å². The summed E-state index contributed by atoms with van der Waals surface area (Å²) in [6.07, 6.45) is 1.56. The Kier molecular flexibility index (Phi) is 3.77. The van der Waals surface area contributed by atoms with Crippen LogP contribution in [0.4, 0.5) is 0 Å². The molecule has 0 heterocycles. The van der Waals surface area contributed by atoms with Gasteiger partial charge in [0.15, 0.2) is 6.61 Å². The topological polar surface area (TPSA) is 52.6 Å². The third kappa shape index (κ3) is 2.77. The molecule has 0 atom stereocenters. The predicted molar refractivity (Wildman–Crippen MR) is 66.2 cm³/mol. The van der Waals surface area contributed by atoms with Gasteiger partial charge in [0.25, 0.3) is 0 Å². The molecule has 1 aliphatic rings. The summed E-state index contributed by atoms with van der Waals surface area (Å²) in [6, 6.07) is 7.36. The summed E-state index contributed by atoms with van der Waals surface area (Å²) in [7, 11) is 0. The largest absolute Gasteiger partial charge is 0.481 e. The fourth-order valence-corrected chi connectivity index (χ4v) is 1.71. The van der Waals surface area contributed by atoms with E-state index in [-0.39, 0.29) is 6.61 Å². The summed E-state index contributed by atoms with van der Waals surface area (Å²) < 4.78 is 10.2. The van der Waals surface area contributed by atoms with Gasteiger partial charge in [0.1, 0.15) is 12.0 Å². The molecule has 0 amide bonds. The lowest BCUT2D eigenvalue weighted by molar-refractivity contribution is -0.145. The Morgan fingerprint density at radius 3 is 2.83 bits per heavy atom. The van der Waals surface area contributed by atoms with Gasteiger partial charge in [-0.2, -0.15) is 0 Å². The summed E-state index contributed by atoms with van der Waals surface area (Å²) in [5, 5.41) is 0. The lowest BCUT2D eigenvalue weighted by Gasteiger charge is -2.08. The Balaban J connectivity index is 2.07. The Morgan fingerprint density at radius 1 is 1.39 bits per heavy atom. The fraction of sp³-hybridized carbons (Fsp3) is 0.286. The number of allylic oxidation sites excluding steroid dienone is 2. The molecule has 0 unspecified atom stereocenters. The van der Waals surface area contributed by atoms with Crippen molar-refractivity contribution >= 4 is 17.8 Å². The Labute approximate surface area is 105 Å². The van der Waals surface area contributed by atoms with Crippen LogP contribution in [0.2, 0.25) is 0 Å². The van der Waals surface area contributed by atoms with E-state index in [0.29, 0.717) is 18.8 Å². The van der Waals surface area contributed by atoms with Crippen molar-refractivity contribution in [3.63, 3.8) is 0 Å². The van der Waals surface area contributed by atoms with Gasteiger partial charge in [-0.15, -0.1) is 0 Å². The number of hydrogen-bond acceptors (Lipinski definition) is 4. The number of aldehydes is 1. The van der Waals surface area contributed by atoms with Crippen LogP contribution in [-0.2, 0) is 14.3 Å². The number of benzene rings is 1. The molecular formula is C14H14O4. The molecule has 0 aliphatic heterocycles. The first-order chi connectivity index (χ1) is 8.76. The van der Waals surface area contributed by atoms with Crippen molar-refractivity contribution in [2.24, 2.45) is 0 Å². The zero-order valence-corrected chi connectivity index (χ0v) is 10.1. The third-order valence-electron chi connectivity index (χ3n) is 2.64. The molecule has 94 valence electrons. The minimum atomic E-state index is -0.396. The van der Waals surface area contributed by atoms with E-state index in [1.807, 2.05) is 18.2 Å². The molecule has 0 spiro atoms. The van der Waals surface area contributed by atoms with Gasteiger partial charge in [-0.25, -0.2) is 4.79 Å². The van der Waals surface area contributed by atoms with Crippen LogP contribution in [0, 0.1) is 0 Å². The number of hydrogen-bond donors (Lipinski definition) is 0. The van der Waals surface area contributed by atoms with Crippen LogP contribution in [0.25, 0.3) is 5.57 Å². The van der Waals surface area contributed by atoms with Crippen LogP contribution in [0.5, 0.6) is 5.75 Å². The highest BCUT2D eigenvalue weighted by Gasteiger charge is 2.25. The van der Waals surface area contributed by atoms with Gasteiger partial charge >= 0.3 is 5.97 Å². The van der Waals surface area contributed by atoms with Crippen molar-refractivity contribution in [2.45, 2.75) is 13.3 Å². The van der Waals surface area contributed by atoms with Crippen LogP contribution in [0.15, 0.2) is 29.8 Å². The predicted octanol–water partition coefficient (Wildman–Crippen LogP) is 1.98. The first-order valence-electron chi connectivity index (χ1n) is 5.81. The van der Waals surface area contributed by atoms with Gasteiger partial charge in [0.05, 0.1) is 6.61 Å². The molecule has 18 heavy (non-hydrogen) atoms. The van der Waals surface area contributed by atoms with E-state index < -0.39 is 5.97 Å². The quantitative estimate of drug-likeness (QED) is 0.569. The van der Waals surface area contributed by atoms with E-state index in [1.54, 1.807) is 13.0 Å². The zero-order chi connectivity index (χ0) is 13.0. The summed E-state index contributed by atoms with van der Waals surface area (Å²) in [6.45, 7) is 1.97. The van der Waals surface area contributed by atoms with E-state index >= 15 is 0 Å². The molecule has 4 nitrogen and oxygen atoms in total. The minimum Gasteiger partial charge on any atom is -0.481 e. The number of ether oxygens (including phenoxy) is 2. The number of carbonyl (C=O) groups is 2. The summed E-state index contributed by atoms with van der Waals surface area (Å²) in [4.78, 5) is 21.9. The number of carbonyl (C=O) groups excluding carboxylic acids is 2. The summed E-state index contributed by atoms with van der Waals surface area (Å²) in [5.41, 5.74) is 2.66. The van der Waals surface area contributed by atoms with Gasteiger partial charge in [-0.1, -0.05) is 18.2 Å². The number of esters is 1. The average Bonchev–Trinajstić information content (AvgIpc) is 3.16. The van der Waals surface area contributed by atoms with Crippen LogP contribution in [0.1, 0.15) is 18.9 Å². The van der Waals surface area contributed by atoms with Crippen molar-refractivity contribution < 1.29 is 19.1 Å². The number of para-hydroxylation sites is 1. The maximum atomic E-state index is 11.2. The molecule has 0 N–H and O–H groups in total. The molecule has 0 bridgehead atoms. The highest BCUT2D eigenvalue weighted by atomic mass is 16.6. The Bertz CT molecular complexity index is 502. The lowest BCUT2D eigenvalue weighted by Crippen LogP contribution is -2.14. The highest BCUT2D eigenvalue weighted by Crippen LogP contribution is 2.42. The summed E-state index contributed by atoms with van der Waals surface area (Å²) in [5.74, 6) is 0.213. The monoisotopic (exact) mass is 246 g/mol. The molecular weight excluding hydrogens is 232 g/mol. The van der Waals surface area contributed by atoms with Gasteiger partial charge in [0, 0.05) is 17.6 Å². The Morgan fingerprint density at radius 2 is 2.17 bits per heavy atom. The van der Waals surface area contributed by atoms with Crippen LogP contribution >= 0.6 is 0 Å². The van der Waals surface area contributed by atoms with Gasteiger partial charge in [-0.05, 0) is 18.6 Å². The molecule has 0 saturated heterocycles. The van der Waals surface area contributed by atoms with E-state index in [9.17, 15) is 9.59 Å². The smallest absolute Gasteiger partial charge is 0.344 e. The molecule has 1 aliphatic carbocycles. The number of rotatable bonds is 6. The van der Waals surface area contributed by atoms with Crippen molar-refractivity contribution in [1.82, 2.24) is 0 Å². The van der Waals surface area contributed by atoms with Gasteiger partial charge in [-0.3, -0.25) is 4.79 Å². The van der Waals surface area contributed by atoms with E-state index in [0.717, 1.165) is 23.0 Å². The molecule has 0 aromatic heterocycles. The van der Waals surface area contributed by atoms with Crippen LogP contribution in [-0.4, -0.2) is 25.5 Å². The van der Waals surface area contributed by atoms with E-state index in [1.165, 1.54) is 0 Å². The molecule has 1 aromatic carbocycles. The SMILES string of the molecule is CCOC(=O)COc1ccccc1C1=C(C=O)C1. The zero-order valence-electron chi connectivity index (χ0n) is 10.1. The average molecular weight is 246 g/mol. The molecule has 1 aromatic rings. The van der Waals surface area contributed by atoms with E-state index in [4.69, 9.17) is 9.47 Å². The van der Waals surface area contributed by atoms with Crippen LogP contribution < -0.4 is 4.74 Å². The Hall–Kier alpha value is -2.10. The maximum Gasteiger partial charge on any atom is 0.344 e. The normalized spacial score (nSPS) is 13.2. The first kappa shape index (κ1) is 12.4. The van der Waals surface area contributed by atoms with Crippen molar-refractivity contribution in [3.8, 4) is 5.75 Å². The van der Waals surface area contributed by atoms with Crippen LogP contribution in [0.3, 0.4) is 0 Å². The van der Waals surface area contributed by atoms with Crippen molar-refractivity contribution in [3.05, 3.63) is 35.4 Å². The highest BCUT2D eigenvalue weighted by molar-refractivity contribution is 6.02. The van der Waals surface area contributed by atoms with Gasteiger partial charge < -0.3 is 9.47 Å². The maximum absolute atomic E-state index is 11.2. The molecule has 0 saturated carbocycles. The second kappa shape index (κ2) is 5.49. The summed E-state index contributed by atoms with van der Waals surface area (Å²) >= 11 is 0. The van der Waals surface area contributed by atoms with Crippen molar-refractivity contribution in [1.29, 1.82) is 0 Å². The second-order valence-corrected chi connectivity index (χ2v) is 3.89. The molecule has 2 rings (SSSR count). The minimum absolute atomic E-state index is 0.117. The third-order valence-corrected chi connectivity index (χ3v) is 2.64. The van der Waals surface area contributed by atoms with Crippen molar-refractivity contribution in [2.75, 3.05) is 13.2 Å².